The van der Waals surface area contributed by atoms with E-state index in [1.807, 2.05) is 41.2 Å². The van der Waals surface area contributed by atoms with Crippen LogP contribution >= 0.6 is 0 Å². The minimum Gasteiger partial charge on any atom is -0.355 e. The number of amides is 2. The molecule has 0 saturated carbocycles. The molecule has 1 heterocycles. The highest BCUT2D eigenvalue weighted by atomic mass is 16.2. The lowest BCUT2D eigenvalue weighted by molar-refractivity contribution is -0.118. The van der Waals surface area contributed by atoms with E-state index in [0.717, 1.165) is 5.69 Å². The quantitative estimate of drug-likeness (QED) is 0.806. The summed E-state index contributed by atoms with van der Waals surface area (Å²) in [7, 11) is 0. The lowest BCUT2D eigenvalue weighted by Crippen LogP contribution is -2.33. The maximum absolute atomic E-state index is 11.9. The molecule has 2 amide bonds. The summed E-state index contributed by atoms with van der Waals surface area (Å²) in [5.41, 5.74) is 1.61. The summed E-state index contributed by atoms with van der Waals surface area (Å²) in [6.07, 6.45) is 3.89. The Hall–Kier alpha value is -2.56. The Morgan fingerprint density at radius 3 is 2.20 bits per heavy atom. The van der Waals surface area contributed by atoms with Crippen LogP contribution in [-0.4, -0.2) is 29.5 Å². The van der Waals surface area contributed by atoms with Gasteiger partial charge in [0.15, 0.2) is 0 Å². The van der Waals surface area contributed by atoms with E-state index in [2.05, 4.69) is 10.6 Å². The van der Waals surface area contributed by atoms with Crippen molar-refractivity contribution in [2.75, 3.05) is 13.1 Å². The van der Waals surface area contributed by atoms with Crippen molar-refractivity contribution < 1.29 is 9.59 Å². The van der Waals surface area contributed by atoms with Crippen LogP contribution in [0.5, 0.6) is 0 Å². The Morgan fingerprint density at radius 2 is 1.60 bits per heavy atom. The van der Waals surface area contributed by atoms with Crippen molar-refractivity contribution in [2.45, 2.75) is 6.92 Å². The number of carbonyl (C=O) groups excluding carboxylic acids is 2. The van der Waals surface area contributed by atoms with Gasteiger partial charge in [0.25, 0.3) is 5.91 Å². The van der Waals surface area contributed by atoms with E-state index in [1.165, 1.54) is 6.92 Å². The van der Waals surface area contributed by atoms with E-state index < -0.39 is 0 Å². The van der Waals surface area contributed by atoms with E-state index in [0.29, 0.717) is 18.7 Å². The highest BCUT2D eigenvalue weighted by Crippen LogP contribution is 2.09. The molecule has 0 aliphatic rings. The normalized spacial score (nSPS) is 10.1. The van der Waals surface area contributed by atoms with Crippen LogP contribution in [0.15, 0.2) is 48.8 Å². The minimum atomic E-state index is -0.144. The maximum Gasteiger partial charge on any atom is 0.251 e. The molecular weight excluding hydrogens is 254 g/mol. The van der Waals surface area contributed by atoms with Gasteiger partial charge in [0.05, 0.1) is 0 Å². The largest absolute Gasteiger partial charge is 0.355 e. The molecule has 104 valence electrons. The molecule has 0 aliphatic carbocycles. The third-order valence-corrected chi connectivity index (χ3v) is 2.82. The average Bonchev–Trinajstić information content (AvgIpc) is 2.97. The maximum atomic E-state index is 11.9. The van der Waals surface area contributed by atoms with Crippen molar-refractivity contribution in [3.05, 3.63) is 54.4 Å². The second-order valence-corrected chi connectivity index (χ2v) is 4.38. The first-order valence-corrected chi connectivity index (χ1v) is 6.43. The Bertz CT molecular complexity index is 574. The fraction of sp³-hybridized carbons (Fsp3) is 0.200. The van der Waals surface area contributed by atoms with Crippen LogP contribution in [0.1, 0.15) is 17.3 Å². The zero-order valence-corrected chi connectivity index (χ0v) is 11.3. The Balaban J connectivity index is 1.89. The summed E-state index contributed by atoms with van der Waals surface area (Å²) >= 11 is 0. The zero-order valence-electron chi connectivity index (χ0n) is 11.3. The van der Waals surface area contributed by atoms with Crippen LogP contribution in [0.3, 0.4) is 0 Å². The standard InChI is InChI=1S/C15H17N3O2/c1-12(19)16-8-9-17-15(20)13-4-6-14(7-5-13)18-10-2-3-11-18/h2-7,10-11H,8-9H2,1H3,(H,16,19)(H,17,20). The molecule has 0 fully saturated rings. The lowest BCUT2D eigenvalue weighted by Gasteiger charge is -2.07. The number of carbonyl (C=O) groups is 2. The molecule has 5 heteroatoms. The van der Waals surface area contributed by atoms with Crippen molar-refractivity contribution in [1.29, 1.82) is 0 Å². The van der Waals surface area contributed by atoms with Crippen LogP contribution < -0.4 is 10.6 Å². The lowest BCUT2D eigenvalue weighted by atomic mass is 10.2. The van der Waals surface area contributed by atoms with Crippen molar-refractivity contribution in [2.24, 2.45) is 0 Å². The first-order valence-electron chi connectivity index (χ1n) is 6.43. The second kappa shape index (κ2) is 6.56. The minimum absolute atomic E-state index is 0.102. The van der Waals surface area contributed by atoms with Crippen molar-refractivity contribution >= 4 is 11.8 Å². The molecule has 2 N–H and O–H groups in total. The van der Waals surface area contributed by atoms with Crippen molar-refractivity contribution in [3.8, 4) is 5.69 Å². The van der Waals surface area contributed by atoms with Gasteiger partial charge in [0.2, 0.25) is 5.91 Å². The van der Waals surface area contributed by atoms with Gasteiger partial charge >= 0.3 is 0 Å². The molecule has 1 aromatic heterocycles. The van der Waals surface area contributed by atoms with Gasteiger partial charge in [-0.3, -0.25) is 9.59 Å². The van der Waals surface area contributed by atoms with E-state index in [4.69, 9.17) is 0 Å². The van der Waals surface area contributed by atoms with Crippen LogP contribution in [0.2, 0.25) is 0 Å². The monoisotopic (exact) mass is 271 g/mol. The molecule has 0 atom stereocenters. The third kappa shape index (κ3) is 3.71. The topological polar surface area (TPSA) is 63.1 Å². The molecule has 0 spiro atoms. The van der Waals surface area contributed by atoms with Crippen LogP contribution in [0, 0.1) is 0 Å². The molecule has 2 aromatic rings. The molecule has 1 aromatic carbocycles. The smallest absolute Gasteiger partial charge is 0.251 e. The molecule has 5 nitrogen and oxygen atoms in total. The summed E-state index contributed by atoms with van der Waals surface area (Å²) in [6.45, 7) is 2.29. The van der Waals surface area contributed by atoms with Gasteiger partial charge in [-0.15, -0.1) is 0 Å². The second-order valence-electron chi connectivity index (χ2n) is 4.38. The molecule has 0 bridgehead atoms. The molecule has 2 rings (SSSR count). The van der Waals surface area contributed by atoms with Crippen molar-refractivity contribution in [3.63, 3.8) is 0 Å². The van der Waals surface area contributed by atoms with Crippen LogP contribution in [0.25, 0.3) is 5.69 Å². The highest BCUT2D eigenvalue weighted by molar-refractivity contribution is 5.94. The van der Waals surface area contributed by atoms with Gasteiger partial charge < -0.3 is 15.2 Å². The molecule has 0 radical (unpaired) electrons. The average molecular weight is 271 g/mol. The van der Waals surface area contributed by atoms with E-state index in [1.54, 1.807) is 12.1 Å². The fourth-order valence-corrected chi connectivity index (χ4v) is 1.81. The van der Waals surface area contributed by atoms with Gasteiger partial charge in [-0.2, -0.15) is 0 Å². The number of hydrogen-bond donors (Lipinski definition) is 2. The Labute approximate surface area is 117 Å². The van der Waals surface area contributed by atoms with E-state index in [-0.39, 0.29) is 11.8 Å². The summed E-state index contributed by atoms with van der Waals surface area (Å²) in [4.78, 5) is 22.5. The van der Waals surface area contributed by atoms with Crippen LogP contribution in [-0.2, 0) is 4.79 Å². The summed E-state index contributed by atoms with van der Waals surface area (Å²) in [5, 5.41) is 5.37. The summed E-state index contributed by atoms with van der Waals surface area (Å²) in [6, 6.07) is 11.2. The van der Waals surface area contributed by atoms with E-state index in [9.17, 15) is 9.59 Å². The van der Waals surface area contributed by atoms with Gasteiger partial charge in [-0.25, -0.2) is 0 Å². The Morgan fingerprint density at radius 1 is 1.00 bits per heavy atom. The molecular formula is C15H17N3O2. The molecule has 0 aliphatic heterocycles. The zero-order chi connectivity index (χ0) is 14.4. The van der Waals surface area contributed by atoms with Gasteiger partial charge in [0.1, 0.15) is 0 Å². The van der Waals surface area contributed by atoms with Crippen LogP contribution in [0.4, 0.5) is 0 Å². The first kappa shape index (κ1) is 13.9. The molecule has 20 heavy (non-hydrogen) atoms. The number of nitrogens with zero attached hydrogens (tertiary/aromatic N) is 1. The number of aromatic nitrogens is 1. The summed E-state index contributed by atoms with van der Waals surface area (Å²) < 4.78 is 1.97. The van der Waals surface area contributed by atoms with E-state index >= 15 is 0 Å². The first-order chi connectivity index (χ1) is 9.66. The third-order valence-electron chi connectivity index (χ3n) is 2.82. The molecule has 0 unspecified atom stereocenters. The highest BCUT2D eigenvalue weighted by Gasteiger charge is 2.04. The number of benzene rings is 1. The van der Waals surface area contributed by atoms with Crippen molar-refractivity contribution in [1.82, 2.24) is 15.2 Å². The molecule has 0 saturated heterocycles. The Kier molecular flexibility index (Phi) is 4.55. The SMILES string of the molecule is CC(=O)NCCNC(=O)c1ccc(-n2cccc2)cc1. The van der Waals surface area contributed by atoms with Gasteiger partial charge in [-0.05, 0) is 36.4 Å². The number of rotatable bonds is 5. The van der Waals surface area contributed by atoms with Gasteiger partial charge in [-0.1, -0.05) is 0 Å². The number of nitrogens with one attached hydrogen (secondary N) is 2. The fourth-order valence-electron chi connectivity index (χ4n) is 1.81. The number of hydrogen-bond acceptors (Lipinski definition) is 2. The van der Waals surface area contributed by atoms with Gasteiger partial charge in [0, 0.05) is 43.7 Å². The predicted octanol–water partition coefficient (Wildman–Crippen LogP) is 1.34. The summed E-state index contributed by atoms with van der Waals surface area (Å²) in [5.74, 6) is -0.246. The predicted molar refractivity (Wildman–Crippen MR) is 76.8 cm³/mol.